The van der Waals surface area contributed by atoms with E-state index in [1.54, 1.807) is 25.3 Å². The summed E-state index contributed by atoms with van der Waals surface area (Å²) < 4.78 is 5.27. The van der Waals surface area contributed by atoms with Crippen LogP contribution in [0.2, 0.25) is 5.02 Å². The highest BCUT2D eigenvalue weighted by molar-refractivity contribution is 6.30. The minimum Gasteiger partial charge on any atom is -0.496 e. The molecule has 0 saturated heterocycles. The van der Waals surface area contributed by atoms with Gasteiger partial charge in [-0.3, -0.25) is 9.89 Å². The second kappa shape index (κ2) is 7.19. The molecule has 6 heteroatoms. The molecular weight excluding hydrogens is 326 g/mol. The molecule has 2 aromatic carbocycles. The predicted octanol–water partition coefficient (Wildman–Crippen LogP) is 3.67. The Balaban J connectivity index is 1.69. The minimum absolute atomic E-state index is 0.228. The standard InChI is InChI=1S/C18H16ClN3O2/c1-24-17-5-3-2-4-13(17)11-20-18(23)16-10-15(21-22-16)12-6-8-14(19)9-7-12/h2-10H,11H2,1H3,(H,20,23)(H,21,22). The van der Waals surface area contributed by atoms with Gasteiger partial charge in [-0.15, -0.1) is 0 Å². The van der Waals surface area contributed by atoms with E-state index in [4.69, 9.17) is 16.3 Å². The summed E-state index contributed by atoms with van der Waals surface area (Å²) in [6.07, 6.45) is 0. The smallest absolute Gasteiger partial charge is 0.269 e. The van der Waals surface area contributed by atoms with E-state index >= 15 is 0 Å². The molecule has 0 aliphatic rings. The van der Waals surface area contributed by atoms with E-state index in [9.17, 15) is 4.79 Å². The van der Waals surface area contributed by atoms with Gasteiger partial charge in [-0.25, -0.2) is 0 Å². The van der Waals surface area contributed by atoms with Gasteiger partial charge in [0, 0.05) is 22.7 Å². The number of H-pyrrole nitrogens is 1. The fourth-order valence-corrected chi connectivity index (χ4v) is 2.45. The summed E-state index contributed by atoms with van der Waals surface area (Å²) in [5, 5.41) is 10.4. The highest BCUT2D eigenvalue weighted by Crippen LogP contribution is 2.20. The Kier molecular flexibility index (Phi) is 4.82. The Morgan fingerprint density at radius 1 is 1.21 bits per heavy atom. The molecule has 0 saturated carbocycles. The van der Waals surface area contributed by atoms with Crippen LogP contribution in [0.3, 0.4) is 0 Å². The third kappa shape index (κ3) is 3.58. The van der Waals surface area contributed by atoms with E-state index in [2.05, 4.69) is 15.5 Å². The quantitative estimate of drug-likeness (QED) is 0.744. The van der Waals surface area contributed by atoms with Crippen LogP contribution in [0.25, 0.3) is 11.3 Å². The van der Waals surface area contributed by atoms with Crippen LogP contribution in [-0.2, 0) is 6.54 Å². The molecule has 0 radical (unpaired) electrons. The van der Waals surface area contributed by atoms with Crippen LogP contribution in [0.1, 0.15) is 16.1 Å². The van der Waals surface area contributed by atoms with Crippen LogP contribution in [-0.4, -0.2) is 23.2 Å². The molecule has 0 bridgehead atoms. The Hall–Kier alpha value is -2.79. The molecule has 24 heavy (non-hydrogen) atoms. The van der Waals surface area contributed by atoms with Gasteiger partial charge in [-0.05, 0) is 24.3 Å². The third-order valence-electron chi connectivity index (χ3n) is 3.59. The first-order chi connectivity index (χ1) is 11.7. The molecule has 1 amide bonds. The average molecular weight is 342 g/mol. The first-order valence-corrected chi connectivity index (χ1v) is 7.76. The zero-order valence-corrected chi connectivity index (χ0v) is 13.8. The second-order valence-electron chi connectivity index (χ2n) is 5.17. The van der Waals surface area contributed by atoms with E-state index in [-0.39, 0.29) is 5.91 Å². The van der Waals surface area contributed by atoms with Gasteiger partial charge in [-0.2, -0.15) is 5.10 Å². The number of carbonyl (C=O) groups excluding carboxylic acids is 1. The Morgan fingerprint density at radius 2 is 1.96 bits per heavy atom. The zero-order chi connectivity index (χ0) is 16.9. The zero-order valence-electron chi connectivity index (χ0n) is 13.0. The number of hydrogen-bond donors (Lipinski definition) is 2. The summed E-state index contributed by atoms with van der Waals surface area (Å²) in [5.41, 5.74) is 2.88. The molecule has 3 rings (SSSR count). The maximum absolute atomic E-state index is 12.3. The lowest BCUT2D eigenvalue weighted by atomic mass is 10.1. The van der Waals surface area contributed by atoms with Crippen molar-refractivity contribution in [2.45, 2.75) is 6.54 Å². The number of nitrogens with one attached hydrogen (secondary N) is 2. The van der Waals surface area contributed by atoms with Gasteiger partial charge < -0.3 is 10.1 Å². The van der Waals surface area contributed by atoms with Gasteiger partial charge in [0.25, 0.3) is 5.91 Å². The van der Waals surface area contributed by atoms with Gasteiger partial charge in [0.1, 0.15) is 11.4 Å². The number of amides is 1. The van der Waals surface area contributed by atoms with Gasteiger partial charge >= 0.3 is 0 Å². The van der Waals surface area contributed by atoms with Crippen LogP contribution >= 0.6 is 11.6 Å². The predicted molar refractivity (Wildman–Crippen MR) is 93.2 cm³/mol. The molecule has 3 aromatic rings. The molecular formula is C18H16ClN3O2. The van der Waals surface area contributed by atoms with Crippen LogP contribution in [0.4, 0.5) is 0 Å². The fourth-order valence-electron chi connectivity index (χ4n) is 2.33. The number of methoxy groups -OCH3 is 1. The summed E-state index contributed by atoms with van der Waals surface area (Å²) in [6.45, 7) is 0.373. The fraction of sp³-hybridized carbons (Fsp3) is 0.111. The number of aromatic amines is 1. The highest BCUT2D eigenvalue weighted by atomic mass is 35.5. The molecule has 2 N–H and O–H groups in total. The molecule has 0 aliphatic heterocycles. The van der Waals surface area contributed by atoms with Gasteiger partial charge in [-0.1, -0.05) is 41.9 Å². The van der Waals surface area contributed by atoms with Crippen LogP contribution in [0.5, 0.6) is 5.75 Å². The third-order valence-corrected chi connectivity index (χ3v) is 3.85. The molecule has 122 valence electrons. The lowest BCUT2D eigenvalue weighted by molar-refractivity contribution is 0.0945. The van der Waals surface area contributed by atoms with E-state index in [0.29, 0.717) is 23.0 Å². The van der Waals surface area contributed by atoms with E-state index in [1.165, 1.54) is 0 Å². The van der Waals surface area contributed by atoms with Crippen molar-refractivity contribution in [2.75, 3.05) is 7.11 Å². The number of hydrogen-bond acceptors (Lipinski definition) is 3. The number of nitrogens with zero attached hydrogens (tertiary/aromatic N) is 1. The maximum Gasteiger partial charge on any atom is 0.269 e. The molecule has 1 heterocycles. The average Bonchev–Trinajstić information content (AvgIpc) is 3.10. The van der Waals surface area contributed by atoms with Crippen molar-refractivity contribution >= 4 is 17.5 Å². The van der Waals surface area contributed by atoms with Gasteiger partial charge in [0.15, 0.2) is 0 Å². The van der Waals surface area contributed by atoms with E-state index in [0.717, 1.165) is 16.9 Å². The molecule has 1 aromatic heterocycles. The second-order valence-corrected chi connectivity index (χ2v) is 5.60. The van der Waals surface area contributed by atoms with Crippen molar-refractivity contribution < 1.29 is 9.53 Å². The lowest BCUT2D eigenvalue weighted by Gasteiger charge is -2.08. The van der Waals surface area contributed by atoms with Crippen molar-refractivity contribution in [3.05, 3.63) is 70.9 Å². The summed E-state index contributed by atoms with van der Waals surface area (Å²) in [5.74, 6) is 0.512. The molecule has 0 atom stereocenters. The van der Waals surface area contributed by atoms with Crippen molar-refractivity contribution in [2.24, 2.45) is 0 Å². The number of aromatic nitrogens is 2. The topological polar surface area (TPSA) is 67.0 Å². The van der Waals surface area contributed by atoms with Crippen molar-refractivity contribution in [1.82, 2.24) is 15.5 Å². The number of carbonyl (C=O) groups is 1. The Bertz CT molecular complexity index is 843. The summed E-state index contributed by atoms with van der Waals surface area (Å²) in [6, 6.07) is 16.5. The van der Waals surface area contributed by atoms with Crippen molar-refractivity contribution in [3.63, 3.8) is 0 Å². The first-order valence-electron chi connectivity index (χ1n) is 7.39. The molecule has 5 nitrogen and oxygen atoms in total. The van der Waals surface area contributed by atoms with Crippen molar-refractivity contribution in [3.8, 4) is 17.0 Å². The van der Waals surface area contributed by atoms with Crippen LogP contribution in [0, 0.1) is 0 Å². The Morgan fingerprint density at radius 3 is 2.71 bits per heavy atom. The molecule has 0 spiro atoms. The normalized spacial score (nSPS) is 10.4. The molecule has 0 unspecified atom stereocenters. The number of ether oxygens (including phenoxy) is 1. The highest BCUT2D eigenvalue weighted by Gasteiger charge is 2.11. The number of para-hydroxylation sites is 1. The molecule has 0 fully saturated rings. The van der Waals surface area contributed by atoms with E-state index in [1.807, 2.05) is 36.4 Å². The maximum atomic E-state index is 12.3. The SMILES string of the molecule is COc1ccccc1CNC(=O)c1cc(-c2ccc(Cl)cc2)n[nH]1. The van der Waals surface area contributed by atoms with Crippen molar-refractivity contribution in [1.29, 1.82) is 0 Å². The summed E-state index contributed by atoms with van der Waals surface area (Å²) in [4.78, 5) is 12.3. The minimum atomic E-state index is -0.228. The Labute approximate surface area is 144 Å². The van der Waals surface area contributed by atoms with Crippen LogP contribution < -0.4 is 10.1 Å². The van der Waals surface area contributed by atoms with Gasteiger partial charge in [0.05, 0.1) is 12.8 Å². The monoisotopic (exact) mass is 341 g/mol. The number of halogens is 1. The lowest BCUT2D eigenvalue weighted by Crippen LogP contribution is -2.23. The summed E-state index contributed by atoms with van der Waals surface area (Å²) in [7, 11) is 1.61. The largest absolute Gasteiger partial charge is 0.496 e. The first kappa shape index (κ1) is 16.1. The molecule has 0 aliphatic carbocycles. The van der Waals surface area contributed by atoms with E-state index < -0.39 is 0 Å². The van der Waals surface area contributed by atoms with Crippen LogP contribution in [0.15, 0.2) is 54.6 Å². The van der Waals surface area contributed by atoms with Gasteiger partial charge in [0.2, 0.25) is 0 Å². The summed E-state index contributed by atoms with van der Waals surface area (Å²) >= 11 is 5.88. The number of rotatable bonds is 5. The number of benzene rings is 2.